The minimum Gasteiger partial charge on any atom is -0.464 e. The number of nitrogens with one attached hydrogen (secondary N) is 1. The van der Waals surface area contributed by atoms with E-state index in [1.165, 1.54) is 20.0 Å². The van der Waals surface area contributed by atoms with Crippen LogP contribution in [0.1, 0.15) is 37.2 Å². The smallest absolute Gasteiger partial charge is 0.356 e. The van der Waals surface area contributed by atoms with Crippen LogP contribution in [-0.4, -0.2) is 24.1 Å². The molecule has 2 rings (SSSR count). The average molecular weight is 248 g/mol. The van der Waals surface area contributed by atoms with Crippen LogP contribution >= 0.6 is 0 Å². The number of hydrogen-bond acceptors (Lipinski definition) is 4. The molecule has 0 saturated heterocycles. The second kappa shape index (κ2) is 5.38. The molecular weight excluding hydrogens is 228 g/mol. The summed E-state index contributed by atoms with van der Waals surface area (Å²) in [7, 11) is 1.37. The van der Waals surface area contributed by atoms with Crippen LogP contribution in [0.5, 0.6) is 0 Å². The molecule has 1 aliphatic carbocycles. The SMILES string of the molecule is COC(=O)c1cc(NC2CCC(C)C2C)ccn1. The minimum atomic E-state index is -0.397. The molecule has 0 aliphatic heterocycles. The van der Waals surface area contributed by atoms with Crippen molar-refractivity contribution in [3.63, 3.8) is 0 Å². The molecule has 1 aromatic heterocycles. The Bertz CT molecular complexity index is 434. The summed E-state index contributed by atoms with van der Waals surface area (Å²) in [6.07, 6.45) is 4.07. The molecule has 0 bridgehead atoms. The first kappa shape index (κ1) is 12.9. The van der Waals surface area contributed by atoms with Gasteiger partial charge in [-0.15, -0.1) is 0 Å². The number of carbonyl (C=O) groups is 1. The predicted molar refractivity (Wildman–Crippen MR) is 70.5 cm³/mol. The number of aromatic nitrogens is 1. The number of hydrogen-bond donors (Lipinski definition) is 1. The van der Waals surface area contributed by atoms with Crippen molar-refractivity contribution in [1.29, 1.82) is 0 Å². The van der Waals surface area contributed by atoms with Crippen molar-refractivity contribution >= 4 is 11.7 Å². The largest absolute Gasteiger partial charge is 0.464 e. The third kappa shape index (κ3) is 2.63. The van der Waals surface area contributed by atoms with E-state index in [-0.39, 0.29) is 0 Å². The van der Waals surface area contributed by atoms with Gasteiger partial charge in [-0.05, 0) is 36.8 Å². The maximum atomic E-state index is 11.4. The van der Waals surface area contributed by atoms with Crippen LogP contribution in [0.4, 0.5) is 5.69 Å². The van der Waals surface area contributed by atoms with E-state index >= 15 is 0 Å². The van der Waals surface area contributed by atoms with E-state index in [1.807, 2.05) is 6.07 Å². The molecule has 0 radical (unpaired) electrons. The zero-order chi connectivity index (χ0) is 13.1. The maximum absolute atomic E-state index is 11.4. The highest BCUT2D eigenvalue weighted by molar-refractivity contribution is 5.88. The fraction of sp³-hybridized carbons (Fsp3) is 0.571. The zero-order valence-corrected chi connectivity index (χ0v) is 11.1. The Morgan fingerprint density at radius 3 is 2.83 bits per heavy atom. The summed E-state index contributed by atoms with van der Waals surface area (Å²) < 4.78 is 4.67. The Hall–Kier alpha value is -1.58. The first-order valence-corrected chi connectivity index (χ1v) is 6.42. The van der Waals surface area contributed by atoms with Crippen molar-refractivity contribution in [1.82, 2.24) is 4.98 Å². The summed E-state index contributed by atoms with van der Waals surface area (Å²) in [5.41, 5.74) is 1.29. The Morgan fingerprint density at radius 1 is 1.44 bits per heavy atom. The molecule has 1 aromatic rings. The molecule has 0 amide bonds. The van der Waals surface area contributed by atoms with Gasteiger partial charge in [-0.25, -0.2) is 9.78 Å². The summed E-state index contributed by atoms with van der Waals surface area (Å²) in [6.45, 7) is 4.57. The standard InChI is InChI=1S/C14H20N2O2/c1-9-4-5-12(10(9)2)16-11-6-7-15-13(8-11)14(17)18-3/h6-10,12H,4-5H2,1-3H3,(H,15,16). The molecule has 1 heterocycles. The molecule has 3 unspecified atom stereocenters. The number of rotatable bonds is 3. The van der Waals surface area contributed by atoms with E-state index in [0.29, 0.717) is 17.7 Å². The highest BCUT2D eigenvalue weighted by Gasteiger charge is 2.29. The van der Waals surface area contributed by atoms with Crippen LogP contribution in [0.3, 0.4) is 0 Å². The predicted octanol–water partition coefficient (Wildman–Crippen LogP) is 2.71. The molecule has 1 N–H and O–H groups in total. The number of carbonyl (C=O) groups excluding carboxylic acids is 1. The van der Waals surface area contributed by atoms with Crippen molar-refractivity contribution in [2.75, 3.05) is 12.4 Å². The van der Waals surface area contributed by atoms with Gasteiger partial charge in [0, 0.05) is 17.9 Å². The number of ether oxygens (including phenoxy) is 1. The maximum Gasteiger partial charge on any atom is 0.356 e. The van der Waals surface area contributed by atoms with Gasteiger partial charge in [0.05, 0.1) is 7.11 Å². The Kier molecular flexibility index (Phi) is 3.84. The monoisotopic (exact) mass is 248 g/mol. The molecule has 0 aromatic carbocycles. The Labute approximate surface area is 108 Å². The van der Waals surface area contributed by atoms with Crippen LogP contribution in [0.25, 0.3) is 0 Å². The van der Waals surface area contributed by atoms with Gasteiger partial charge in [0.15, 0.2) is 0 Å². The zero-order valence-electron chi connectivity index (χ0n) is 11.1. The van der Waals surface area contributed by atoms with Gasteiger partial charge >= 0.3 is 5.97 Å². The van der Waals surface area contributed by atoms with E-state index in [4.69, 9.17) is 0 Å². The van der Waals surface area contributed by atoms with Gasteiger partial charge < -0.3 is 10.1 Å². The number of pyridine rings is 1. The Morgan fingerprint density at radius 2 is 2.22 bits per heavy atom. The summed E-state index contributed by atoms with van der Waals surface area (Å²) in [5, 5.41) is 3.49. The normalized spacial score (nSPS) is 26.9. The van der Waals surface area contributed by atoms with E-state index in [1.54, 1.807) is 12.3 Å². The van der Waals surface area contributed by atoms with E-state index in [0.717, 1.165) is 11.6 Å². The van der Waals surface area contributed by atoms with E-state index < -0.39 is 5.97 Å². The average Bonchev–Trinajstić information content (AvgIpc) is 2.70. The first-order chi connectivity index (χ1) is 8.61. The Balaban J connectivity index is 2.08. The first-order valence-electron chi connectivity index (χ1n) is 6.42. The number of methoxy groups -OCH3 is 1. The fourth-order valence-electron chi connectivity index (χ4n) is 2.52. The lowest BCUT2D eigenvalue weighted by atomic mass is 9.98. The highest BCUT2D eigenvalue weighted by atomic mass is 16.5. The molecule has 4 heteroatoms. The second-order valence-electron chi connectivity index (χ2n) is 5.09. The number of esters is 1. The fourth-order valence-corrected chi connectivity index (χ4v) is 2.52. The second-order valence-corrected chi connectivity index (χ2v) is 5.09. The van der Waals surface area contributed by atoms with Crippen molar-refractivity contribution in [2.24, 2.45) is 11.8 Å². The quantitative estimate of drug-likeness (QED) is 0.836. The lowest BCUT2D eigenvalue weighted by Crippen LogP contribution is -2.24. The van der Waals surface area contributed by atoms with Gasteiger partial charge in [0.25, 0.3) is 0 Å². The van der Waals surface area contributed by atoms with Gasteiger partial charge in [-0.3, -0.25) is 0 Å². The topological polar surface area (TPSA) is 51.2 Å². The molecule has 0 spiro atoms. The highest BCUT2D eigenvalue weighted by Crippen LogP contribution is 2.33. The lowest BCUT2D eigenvalue weighted by molar-refractivity contribution is 0.0594. The van der Waals surface area contributed by atoms with E-state index in [2.05, 4.69) is 28.9 Å². The van der Waals surface area contributed by atoms with Crippen LogP contribution in [0, 0.1) is 11.8 Å². The molecule has 4 nitrogen and oxygen atoms in total. The number of nitrogens with zero attached hydrogens (tertiary/aromatic N) is 1. The van der Waals surface area contributed by atoms with Crippen molar-refractivity contribution in [3.8, 4) is 0 Å². The minimum absolute atomic E-state index is 0.348. The lowest BCUT2D eigenvalue weighted by Gasteiger charge is -2.20. The third-order valence-electron chi connectivity index (χ3n) is 3.97. The summed E-state index contributed by atoms with van der Waals surface area (Å²) >= 11 is 0. The van der Waals surface area contributed by atoms with E-state index in [9.17, 15) is 4.79 Å². The molecule has 3 atom stereocenters. The van der Waals surface area contributed by atoms with Crippen LogP contribution in [0.15, 0.2) is 18.3 Å². The molecule has 1 saturated carbocycles. The van der Waals surface area contributed by atoms with Crippen LogP contribution in [0.2, 0.25) is 0 Å². The molecule has 1 fully saturated rings. The molecule has 18 heavy (non-hydrogen) atoms. The van der Waals surface area contributed by atoms with Gasteiger partial charge in [0.2, 0.25) is 0 Å². The third-order valence-corrected chi connectivity index (χ3v) is 3.97. The summed E-state index contributed by atoms with van der Waals surface area (Å²) in [5.74, 6) is 1.01. The van der Waals surface area contributed by atoms with Gasteiger partial charge in [0.1, 0.15) is 5.69 Å². The number of anilines is 1. The summed E-state index contributed by atoms with van der Waals surface area (Å²) in [4.78, 5) is 15.4. The molecular formula is C14H20N2O2. The molecule has 98 valence electrons. The van der Waals surface area contributed by atoms with Crippen molar-refractivity contribution < 1.29 is 9.53 Å². The van der Waals surface area contributed by atoms with Crippen LogP contribution in [-0.2, 0) is 4.74 Å². The van der Waals surface area contributed by atoms with Crippen LogP contribution < -0.4 is 5.32 Å². The van der Waals surface area contributed by atoms with Gasteiger partial charge in [-0.2, -0.15) is 0 Å². The van der Waals surface area contributed by atoms with Crippen molar-refractivity contribution in [3.05, 3.63) is 24.0 Å². The summed E-state index contributed by atoms with van der Waals surface area (Å²) in [6, 6.07) is 4.12. The van der Waals surface area contributed by atoms with Gasteiger partial charge in [-0.1, -0.05) is 13.8 Å². The molecule has 1 aliphatic rings. The van der Waals surface area contributed by atoms with Crippen molar-refractivity contribution in [2.45, 2.75) is 32.7 Å².